The lowest BCUT2D eigenvalue weighted by Gasteiger charge is -2.10. The largest absolute Gasteiger partial charge is 0.453 e. The third kappa shape index (κ3) is 1.32. The molecule has 1 heterocycles. The first kappa shape index (κ1) is 6.35. The van der Waals surface area contributed by atoms with Crippen LogP contribution < -0.4 is 0 Å². The predicted molar refractivity (Wildman–Crippen MR) is 29.9 cm³/mol. The van der Waals surface area contributed by atoms with E-state index in [9.17, 15) is 4.79 Å². The van der Waals surface area contributed by atoms with Crippen LogP contribution in [0, 0.1) is 0 Å². The summed E-state index contributed by atoms with van der Waals surface area (Å²) in [7, 11) is 2.99. The van der Waals surface area contributed by atoms with Crippen molar-refractivity contribution in [3.8, 4) is 0 Å². The van der Waals surface area contributed by atoms with Crippen molar-refractivity contribution in [2.24, 2.45) is 0 Å². The minimum absolute atomic E-state index is 0.0440. The van der Waals surface area contributed by atoms with E-state index in [-0.39, 0.29) is 12.3 Å². The van der Waals surface area contributed by atoms with Crippen molar-refractivity contribution in [3.63, 3.8) is 0 Å². The van der Waals surface area contributed by atoms with E-state index in [0.717, 1.165) is 0 Å². The number of epoxide rings is 1. The molecule has 1 atom stereocenters. The van der Waals surface area contributed by atoms with Crippen LogP contribution in [0.3, 0.4) is 0 Å². The molecule has 1 aliphatic heterocycles. The second kappa shape index (κ2) is 2.23. The van der Waals surface area contributed by atoms with Crippen LogP contribution in [0.4, 0.5) is 4.79 Å². The maximum absolute atomic E-state index is 10.6. The third-order valence-electron chi connectivity index (χ3n) is 1.21. The average Bonchev–Trinajstić information content (AvgIpc) is 2.66. The van der Waals surface area contributed by atoms with Gasteiger partial charge in [0.1, 0.15) is 0 Å². The maximum Gasteiger partial charge on any atom is 0.411 e. The second-order valence-corrected chi connectivity index (χ2v) is 1.87. The van der Waals surface area contributed by atoms with Gasteiger partial charge in [-0.05, 0) is 0 Å². The maximum atomic E-state index is 10.6. The zero-order chi connectivity index (χ0) is 6.85. The van der Waals surface area contributed by atoms with E-state index in [4.69, 9.17) is 4.74 Å². The van der Waals surface area contributed by atoms with Gasteiger partial charge in [-0.1, -0.05) is 0 Å². The molecule has 0 radical (unpaired) electrons. The molecule has 1 amide bonds. The number of hydrogen-bond donors (Lipinski definition) is 0. The number of hydrogen-bond acceptors (Lipinski definition) is 3. The fourth-order valence-electron chi connectivity index (χ4n) is 0.528. The molecule has 4 heteroatoms. The number of nitrogens with zero attached hydrogens (tertiary/aromatic N) is 1. The summed E-state index contributed by atoms with van der Waals surface area (Å²) in [4.78, 5) is 12.0. The van der Waals surface area contributed by atoms with Crippen molar-refractivity contribution in [1.29, 1.82) is 0 Å². The monoisotopic (exact) mass is 131 g/mol. The number of rotatable bonds is 1. The van der Waals surface area contributed by atoms with Crippen LogP contribution in [0.1, 0.15) is 0 Å². The van der Waals surface area contributed by atoms with Gasteiger partial charge in [0.2, 0.25) is 0 Å². The first-order valence-corrected chi connectivity index (χ1v) is 2.68. The fraction of sp³-hybridized carbons (Fsp3) is 0.800. The number of ether oxygens (including phenoxy) is 2. The third-order valence-corrected chi connectivity index (χ3v) is 1.21. The zero-order valence-electron chi connectivity index (χ0n) is 5.46. The first-order valence-electron chi connectivity index (χ1n) is 2.68. The van der Waals surface area contributed by atoms with Gasteiger partial charge in [-0.3, -0.25) is 4.90 Å². The number of methoxy groups -OCH3 is 1. The minimum atomic E-state index is -0.350. The van der Waals surface area contributed by atoms with E-state index in [0.29, 0.717) is 6.61 Å². The highest BCUT2D eigenvalue weighted by Gasteiger charge is 2.31. The molecule has 1 fully saturated rings. The van der Waals surface area contributed by atoms with Crippen LogP contribution in [-0.2, 0) is 9.47 Å². The number of amides is 1. The van der Waals surface area contributed by atoms with Crippen LogP contribution in [0.2, 0.25) is 0 Å². The molecular weight excluding hydrogens is 122 g/mol. The van der Waals surface area contributed by atoms with Crippen molar-refractivity contribution in [1.82, 2.24) is 4.90 Å². The molecule has 1 saturated heterocycles. The van der Waals surface area contributed by atoms with E-state index < -0.39 is 0 Å². The molecule has 1 rings (SSSR count). The molecule has 0 aromatic rings. The van der Waals surface area contributed by atoms with E-state index in [1.54, 1.807) is 7.05 Å². The molecule has 9 heavy (non-hydrogen) atoms. The molecule has 0 saturated carbocycles. The van der Waals surface area contributed by atoms with Crippen LogP contribution in [-0.4, -0.2) is 38.0 Å². The van der Waals surface area contributed by atoms with Crippen LogP contribution in [0.15, 0.2) is 0 Å². The Morgan fingerprint density at radius 2 is 2.44 bits per heavy atom. The van der Waals surface area contributed by atoms with Gasteiger partial charge in [-0.25, -0.2) is 4.79 Å². The van der Waals surface area contributed by atoms with Gasteiger partial charge in [-0.15, -0.1) is 0 Å². The lowest BCUT2D eigenvalue weighted by Crippen LogP contribution is -2.29. The minimum Gasteiger partial charge on any atom is -0.453 e. The van der Waals surface area contributed by atoms with Crippen LogP contribution in [0.25, 0.3) is 0 Å². The van der Waals surface area contributed by atoms with Crippen LogP contribution in [0.5, 0.6) is 0 Å². The lowest BCUT2D eigenvalue weighted by molar-refractivity contribution is 0.114. The summed E-state index contributed by atoms with van der Waals surface area (Å²) in [6.07, 6.45) is -0.394. The molecule has 1 aliphatic rings. The van der Waals surface area contributed by atoms with Gasteiger partial charge in [0.15, 0.2) is 6.23 Å². The molecule has 0 N–H and O–H groups in total. The normalized spacial score (nSPS) is 23.1. The molecule has 4 nitrogen and oxygen atoms in total. The summed E-state index contributed by atoms with van der Waals surface area (Å²) < 4.78 is 9.24. The highest BCUT2D eigenvalue weighted by molar-refractivity contribution is 5.67. The Morgan fingerprint density at radius 1 is 1.89 bits per heavy atom. The Hall–Kier alpha value is -0.770. The number of carbonyl (C=O) groups excluding carboxylic acids is 1. The van der Waals surface area contributed by atoms with E-state index in [1.807, 2.05) is 0 Å². The van der Waals surface area contributed by atoms with Gasteiger partial charge in [-0.2, -0.15) is 0 Å². The molecule has 0 aliphatic carbocycles. The van der Waals surface area contributed by atoms with E-state index in [1.165, 1.54) is 12.0 Å². The summed E-state index contributed by atoms with van der Waals surface area (Å²) in [6, 6.07) is 0. The van der Waals surface area contributed by atoms with Gasteiger partial charge >= 0.3 is 6.09 Å². The summed E-state index contributed by atoms with van der Waals surface area (Å²) in [5.41, 5.74) is 0. The molecule has 52 valence electrons. The van der Waals surface area contributed by atoms with E-state index >= 15 is 0 Å². The molecule has 0 aromatic carbocycles. The van der Waals surface area contributed by atoms with Crippen LogP contribution >= 0.6 is 0 Å². The summed E-state index contributed by atoms with van der Waals surface area (Å²) >= 11 is 0. The Labute approximate surface area is 53.3 Å². The molecule has 0 aromatic heterocycles. The van der Waals surface area contributed by atoms with Crippen molar-refractivity contribution < 1.29 is 14.3 Å². The van der Waals surface area contributed by atoms with Crippen molar-refractivity contribution in [3.05, 3.63) is 0 Å². The predicted octanol–water partition coefficient (Wildman–Crippen LogP) is 0.0409. The Bertz CT molecular complexity index is 121. The Morgan fingerprint density at radius 3 is 2.78 bits per heavy atom. The van der Waals surface area contributed by atoms with Crippen molar-refractivity contribution in [2.45, 2.75) is 6.23 Å². The quantitative estimate of drug-likeness (QED) is 0.472. The average molecular weight is 131 g/mol. The second-order valence-electron chi connectivity index (χ2n) is 1.87. The lowest BCUT2D eigenvalue weighted by atomic mass is 10.7. The summed E-state index contributed by atoms with van der Waals surface area (Å²) in [5.74, 6) is 0. The highest BCUT2D eigenvalue weighted by Crippen LogP contribution is 2.13. The van der Waals surface area contributed by atoms with E-state index in [2.05, 4.69) is 4.74 Å². The van der Waals surface area contributed by atoms with Gasteiger partial charge in [0.25, 0.3) is 0 Å². The Balaban J connectivity index is 2.30. The highest BCUT2D eigenvalue weighted by atomic mass is 16.6. The standard InChI is InChI=1S/C5H9NO3/c1-6(4-3-9-4)5(7)8-2/h4H,3H2,1-2H3/t4-/m0/s1. The number of carbonyl (C=O) groups is 1. The van der Waals surface area contributed by atoms with Crippen molar-refractivity contribution in [2.75, 3.05) is 20.8 Å². The zero-order valence-corrected chi connectivity index (χ0v) is 5.46. The van der Waals surface area contributed by atoms with Gasteiger partial charge < -0.3 is 9.47 Å². The SMILES string of the molecule is COC(=O)N(C)[C@@H]1CO1. The first-order chi connectivity index (χ1) is 4.25. The summed E-state index contributed by atoms with van der Waals surface area (Å²) in [6.45, 7) is 0.631. The smallest absolute Gasteiger partial charge is 0.411 e. The van der Waals surface area contributed by atoms with Gasteiger partial charge in [0.05, 0.1) is 13.7 Å². The topological polar surface area (TPSA) is 42.1 Å². The number of likely N-dealkylation sites (N-methyl/N-ethyl adjacent to an activating group) is 1. The molecule has 0 bridgehead atoms. The molecular formula is C5H9NO3. The fourth-order valence-corrected chi connectivity index (χ4v) is 0.528. The molecule has 0 spiro atoms. The van der Waals surface area contributed by atoms with Crippen molar-refractivity contribution >= 4 is 6.09 Å². The Kier molecular flexibility index (Phi) is 1.57. The van der Waals surface area contributed by atoms with Gasteiger partial charge in [0, 0.05) is 7.05 Å². The summed E-state index contributed by atoms with van der Waals surface area (Å²) in [5, 5.41) is 0. The molecule has 0 unspecified atom stereocenters.